The first kappa shape index (κ1) is 10.4. The average Bonchev–Trinajstić information content (AvgIpc) is 1.84. The maximum atomic E-state index is 11.1. The second-order valence-corrected chi connectivity index (χ2v) is 3.13. The molecule has 2 atom stereocenters. The van der Waals surface area contributed by atoms with Gasteiger partial charge in [-0.1, -0.05) is 6.92 Å². The van der Waals surface area contributed by atoms with Gasteiger partial charge < -0.3 is 10.5 Å². The van der Waals surface area contributed by atoms with Gasteiger partial charge in [-0.2, -0.15) is 0 Å². The highest BCUT2D eigenvalue weighted by molar-refractivity contribution is 5.72. The van der Waals surface area contributed by atoms with Gasteiger partial charge in [-0.05, 0) is 20.8 Å². The van der Waals surface area contributed by atoms with Crippen LogP contribution in [-0.4, -0.2) is 18.1 Å². The van der Waals surface area contributed by atoms with Crippen LogP contribution in [0.5, 0.6) is 0 Å². The van der Waals surface area contributed by atoms with Gasteiger partial charge in [-0.3, -0.25) is 4.79 Å². The molecule has 0 aromatic rings. The molecular formula is C8H17NO2. The second-order valence-electron chi connectivity index (χ2n) is 3.13. The Morgan fingerprint density at radius 3 is 2.00 bits per heavy atom. The topological polar surface area (TPSA) is 52.3 Å². The summed E-state index contributed by atoms with van der Waals surface area (Å²) in [6.45, 7) is 7.22. The summed E-state index contributed by atoms with van der Waals surface area (Å²) < 4.78 is 4.95. The Hall–Kier alpha value is -0.570. The third-order valence-electron chi connectivity index (χ3n) is 1.51. The van der Waals surface area contributed by atoms with Crippen molar-refractivity contribution in [3.63, 3.8) is 0 Å². The molecule has 2 N–H and O–H groups in total. The lowest BCUT2D eigenvalue weighted by Gasteiger charge is -2.16. The molecule has 0 aromatic carbocycles. The fraction of sp³-hybridized carbons (Fsp3) is 0.875. The van der Waals surface area contributed by atoms with Crippen molar-refractivity contribution in [1.82, 2.24) is 0 Å². The first-order valence-electron chi connectivity index (χ1n) is 3.91. The summed E-state index contributed by atoms with van der Waals surface area (Å²) in [5.41, 5.74) is 5.51. The first-order valence-corrected chi connectivity index (χ1v) is 3.91. The van der Waals surface area contributed by atoms with E-state index in [1.54, 1.807) is 13.8 Å². The number of carbonyl (C=O) groups is 1. The van der Waals surface area contributed by atoms with Crippen LogP contribution in [0, 0.1) is 5.92 Å². The van der Waals surface area contributed by atoms with Crippen LogP contribution >= 0.6 is 0 Å². The average molecular weight is 159 g/mol. The molecule has 0 amide bonds. The number of ether oxygens (including phenoxy) is 1. The van der Waals surface area contributed by atoms with E-state index in [4.69, 9.17) is 10.5 Å². The van der Waals surface area contributed by atoms with Gasteiger partial charge in [0, 0.05) is 6.04 Å². The van der Waals surface area contributed by atoms with Crippen LogP contribution in [0.15, 0.2) is 0 Å². The molecular weight excluding hydrogens is 142 g/mol. The summed E-state index contributed by atoms with van der Waals surface area (Å²) in [6.07, 6.45) is -0.0521. The Kier molecular flexibility index (Phi) is 4.11. The van der Waals surface area contributed by atoms with Crippen LogP contribution in [-0.2, 0) is 9.53 Å². The van der Waals surface area contributed by atoms with E-state index < -0.39 is 0 Å². The Morgan fingerprint density at radius 2 is 1.73 bits per heavy atom. The van der Waals surface area contributed by atoms with Gasteiger partial charge in [0.15, 0.2) is 0 Å². The number of esters is 1. The summed E-state index contributed by atoms with van der Waals surface area (Å²) >= 11 is 0. The number of rotatable bonds is 3. The standard InChI is InChI=1S/C8H17NO2/c1-5(2)11-8(10)6(3)7(4)9/h5-7H,9H2,1-4H3/t6-,7?/m1/s1. The SMILES string of the molecule is CC(C)OC(=O)[C@H](C)C(C)N. The molecule has 0 radical (unpaired) electrons. The zero-order valence-corrected chi connectivity index (χ0v) is 7.63. The van der Waals surface area contributed by atoms with Crippen molar-refractivity contribution in [2.24, 2.45) is 11.7 Å². The zero-order chi connectivity index (χ0) is 9.02. The number of hydrogen-bond acceptors (Lipinski definition) is 3. The molecule has 0 bridgehead atoms. The van der Waals surface area contributed by atoms with Gasteiger partial charge in [-0.25, -0.2) is 0 Å². The Morgan fingerprint density at radius 1 is 1.27 bits per heavy atom. The van der Waals surface area contributed by atoms with Crippen molar-refractivity contribution in [2.75, 3.05) is 0 Å². The van der Waals surface area contributed by atoms with Crippen molar-refractivity contribution in [1.29, 1.82) is 0 Å². The van der Waals surface area contributed by atoms with Crippen molar-refractivity contribution >= 4 is 5.97 Å². The highest BCUT2D eigenvalue weighted by atomic mass is 16.5. The maximum Gasteiger partial charge on any atom is 0.310 e. The van der Waals surface area contributed by atoms with Crippen molar-refractivity contribution in [3.05, 3.63) is 0 Å². The molecule has 3 nitrogen and oxygen atoms in total. The Labute approximate surface area is 67.9 Å². The van der Waals surface area contributed by atoms with Crippen LogP contribution in [0.4, 0.5) is 0 Å². The van der Waals surface area contributed by atoms with E-state index in [-0.39, 0.29) is 24.0 Å². The molecule has 66 valence electrons. The fourth-order valence-electron chi connectivity index (χ4n) is 0.554. The maximum absolute atomic E-state index is 11.1. The van der Waals surface area contributed by atoms with Gasteiger partial charge in [0.1, 0.15) is 0 Å². The molecule has 0 fully saturated rings. The van der Waals surface area contributed by atoms with Gasteiger partial charge in [0.2, 0.25) is 0 Å². The minimum absolute atomic E-state index is 0.0521. The number of carbonyl (C=O) groups excluding carboxylic acids is 1. The molecule has 0 aliphatic rings. The summed E-state index contributed by atoms with van der Waals surface area (Å²) in [6, 6.07) is -0.138. The molecule has 0 saturated carbocycles. The van der Waals surface area contributed by atoms with Crippen LogP contribution < -0.4 is 5.73 Å². The predicted octanol–water partition coefficient (Wildman–Crippen LogP) is 0.921. The third kappa shape index (κ3) is 3.98. The molecule has 0 aliphatic heterocycles. The monoisotopic (exact) mass is 159 g/mol. The molecule has 0 saturated heterocycles. The van der Waals surface area contributed by atoms with Crippen molar-refractivity contribution in [2.45, 2.75) is 39.8 Å². The molecule has 0 spiro atoms. The van der Waals surface area contributed by atoms with Gasteiger partial charge in [0.05, 0.1) is 12.0 Å². The predicted molar refractivity (Wildman–Crippen MR) is 44.0 cm³/mol. The van der Waals surface area contributed by atoms with Crippen molar-refractivity contribution in [3.8, 4) is 0 Å². The van der Waals surface area contributed by atoms with Gasteiger partial charge in [-0.15, -0.1) is 0 Å². The van der Waals surface area contributed by atoms with Crippen LogP contribution in [0.1, 0.15) is 27.7 Å². The van der Waals surface area contributed by atoms with E-state index in [0.717, 1.165) is 0 Å². The highest BCUT2D eigenvalue weighted by Crippen LogP contribution is 2.04. The molecule has 0 rings (SSSR count). The van der Waals surface area contributed by atoms with E-state index >= 15 is 0 Å². The summed E-state index contributed by atoms with van der Waals surface area (Å²) in [4.78, 5) is 11.1. The zero-order valence-electron chi connectivity index (χ0n) is 7.63. The lowest BCUT2D eigenvalue weighted by Crippen LogP contribution is -2.32. The Bertz CT molecular complexity index is 132. The number of hydrogen-bond donors (Lipinski definition) is 1. The lowest BCUT2D eigenvalue weighted by atomic mass is 10.1. The minimum Gasteiger partial charge on any atom is -0.463 e. The van der Waals surface area contributed by atoms with Crippen LogP contribution in [0.25, 0.3) is 0 Å². The Balaban J connectivity index is 3.83. The van der Waals surface area contributed by atoms with E-state index in [1.807, 2.05) is 13.8 Å². The van der Waals surface area contributed by atoms with Gasteiger partial charge >= 0.3 is 5.97 Å². The number of nitrogens with two attached hydrogens (primary N) is 1. The summed E-state index contributed by atoms with van der Waals surface area (Å²) in [7, 11) is 0. The molecule has 3 heteroatoms. The molecule has 1 unspecified atom stereocenters. The summed E-state index contributed by atoms with van der Waals surface area (Å²) in [5.74, 6) is -0.424. The second kappa shape index (κ2) is 4.34. The van der Waals surface area contributed by atoms with Gasteiger partial charge in [0.25, 0.3) is 0 Å². The van der Waals surface area contributed by atoms with E-state index in [2.05, 4.69) is 0 Å². The fourth-order valence-corrected chi connectivity index (χ4v) is 0.554. The van der Waals surface area contributed by atoms with E-state index in [0.29, 0.717) is 0 Å². The van der Waals surface area contributed by atoms with Crippen LogP contribution in [0.3, 0.4) is 0 Å². The summed E-state index contributed by atoms with van der Waals surface area (Å²) in [5, 5.41) is 0. The van der Waals surface area contributed by atoms with Crippen molar-refractivity contribution < 1.29 is 9.53 Å². The largest absolute Gasteiger partial charge is 0.463 e. The third-order valence-corrected chi connectivity index (χ3v) is 1.51. The van der Waals surface area contributed by atoms with Crippen LogP contribution in [0.2, 0.25) is 0 Å². The molecule has 11 heavy (non-hydrogen) atoms. The quantitative estimate of drug-likeness (QED) is 0.623. The molecule has 0 aliphatic carbocycles. The normalized spacial score (nSPS) is 16.2. The lowest BCUT2D eigenvalue weighted by molar-refractivity contribution is -0.152. The minimum atomic E-state index is -0.213. The van der Waals surface area contributed by atoms with E-state index in [9.17, 15) is 4.79 Å². The highest BCUT2D eigenvalue weighted by Gasteiger charge is 2.18. The first-order chi connectivity index (χ1) is 4.95. The molecule has 0 aromatic heterocycles. The molecule has 0 heterocycles. The smallest absolute Gasteiger partial charge is 0.310 e. The van der Waals surface area contributed by atoms with E-state index in [1.165, 1.54) is 0 Å².